The van der Waals surface area contributed by atoms with Gasteiger partial charge in [-0.25, -0.2) is 8.42 Å². The molecule has 1 aromatic carbocycles. The standard InChI is InChI=1S/C14H22N2O2S/c1-10(2)14(15)12-5-4-11-6-7-16(19(3,17)18)9-13(11)8-12/h4-5,8,10,14H,6-7,9,15H2,1-3H3. The average molecular weight is 282 g/mol. The second-order valence-corrected chi connectivity index (χ2v) is 7.63. The van der Waals surface area contributed by atoms with Crippen LogP contribution in [0.25, 0.3) is 0 Å². The van der Waals surface area contributed by atoms with E-state index >= 15 is 0 Å². The smallest absolute Gasteiger partial charge is 0.211 e. The van der Waals surface area contributed by atoms with Crippen molar-refractivity contribution < 1.29 is 8.42 Å². The zero-order valence-corrected chi connectivity index (χ0v) is 12.6. The number of nitrogens with zero attached hydrogens (tertiary/aromatic N) is 1. The molecule has 0 fully saturated rings. The van der Waals surface area contributed by atoms with Crippen LogP contribution in [0.4, 0.5) is 0 Å². The lowest BCUT2D eigenvalue weighted by molar-refractivity contribution is 0.394. The third kappa shape index (κ3) is 3.16. The quantitative estimate of drug-likeness (QED) is 0.917. The van der Waals surface area contributed by atoms with E-state index in [0.29, 0.717) is 19.0 Å². The Morgan fingerprint density at radius 1 is 1.26 bits per heavy atom. The van der Waals surface area contributed by atoms with Crippen LogP contribution in [0.2, 0.25) is 0 Å². The molecule has 0 saturated carbocycles. The zero-order valence-electron chi connectivity index (χ0n) is 11.8. The molecule has 0 aromatic heterocycles. The Morgan fingerprint density at radius 2 is 1.95 bits per heavy atom. The van der Waals surface area contributed by atoms with E-state index in [4.69, 9.17) is 5.73 Å². The van der Waals surface area contributed by atoms with Crippen molar-refractivity contribution in [1.29, 1.82) is 0 Å². The highest BCUT2D eigenvalue weighted by Crippen LogP contribution is 2.26. The Balaban J connectivity index is 2.30. The second-order valence-electron chi connectivity index (χ2n) is 5.64. The number of sulfonamides is 1. The minimum absolute atomic E-state index is 0.00101. The molecule has 0 spiro atoms. The van der Waals surface area contributed by atoms with Gasteiger partial charge in [-0.2, -0.15) is 4.31 Å². The number of rotatable bonds is 3. The van der Waals surface area contributed by atoms with Crippen molar-refractivity contribution in [2.24, 2.45) is 11.7 Å². The molecule has 4 nitrogen and oxygen atoms in total. The first-order chi connectivity index (χ1) is 8.79. The van der Waals surface area contributed by atoms with Crippen molar-refractivity contribution in [2.45, 2.75) is 32.9 Å². The molecule has 106 valence electrons. The number of benzene rings is 1. The first kappa shape index (κ1) is 14.5. The van der Waals surface area contributed by atoms with Gasteiger partial charge in [-0.15, -0.1) is 0 Å². The largest absolute Gasteiger partial charge is 0.324 e. The normalized spacial score (nSPS) is 18.4. The van der Waals surface area contributed by atoms with Gasteiger partial charge in [0, 0.05) is 19.1 Å². The second kappa shape index (κ2) is 5.23. The Labute approximate surface area is 115 Å². The molecule has 2 rings (SSSR count). The maximum atomic E-state index is 11.6. The molecule has 1 unspecified atom stereocenters. The molecule has 1 aromatic rings. The summed E-state index contributed by atoms with van der Waals surface area (Å²) in [7, 11) is -3.12. The molecule has 1 aliphatic rings. The van der Waals surface area contributed by atoms with E-state index in [1.807, 2.05) is 0 Å². The Kier molecular flexibility index (Phi) is 3.99. The van der Waals surface area contributed by atoms with E-state index < -0.39 is 10.0 Å². The van der Waals surface area contributed by atoms with Crippen LogP contribution in [0, 0.1) is 5.92 Å². The van der Waals surface area contributed by atoms with Gasteiger partial charge in [0.15, 0.2) is 0 Å². The molecule has 0 bridgehead atoms. The average Bonchev–Trinajstić information content (AvgIpc) is 2.35. The van der Waals surface area contributed by atoms with Gasteiger partial charge in [-0.05, 0) is 29.0 Å². The molecule has 19 heavy (non-hydrogen) atoms. The van der Waals surface area contributed by atoms with Crippen molar-refractivity contribution in [2.75, 3.05) is 12.8 Å². The molecule has 0 saturated heterocycles. The third-order valence-corrected chi connectivity index (χ3v) is 5.03. The summed E-state index contributed by atoms with van der Waals surface area (Å²) in [5.41, 5.74) is 9.57. The van der Waals surface area contributed by atoms with E-state index in [0.717, 1.165) is 17.5 Å². The maximum absolute atomic E-state index is 11.6. The SMILES string of the molecule is CC(C)C(N)c1ccc2c(c1)CN(S(C)(=O)=O)CC2. The summed E-state index contributed by atoms with van der Waals surface area (Å²) >= 11 is 0. The first-order valence-electron chi connectivity index (χ1n) is 6.61. The summed E-state index contributed by atoms with van der Waals surface area (Å²) in [4.78, 5) is 0. The lowest BCUT2D eigenvalue weighted by atomic mass is 9.92. The predicted molar refractivity (Wildman–Crippen MR) is 77.2 cm³/mol. The van der Waals surface area contributed by atoms with Gasteiger partial charge in [0.2, 0.25) is 10.0 Å². The summed E-state index contributed by atoms with van der Waals surface area (Å²) in [6.45, 7) is 5.22. The van der Waals surface area contributed by atoms with Crippen LogP contribution < -0.4 is 5.73 Å². The van der Waals surface area contributed by atoms with Gasteiger partial charge in [0.05, 0.1) is 6.26 Å². The van der Waals surface area contributed by atoms with Crippen LogP contribution in [-0.2, 0) is 23.0 Å². The van der Waals surface area contributed by atoms with Crippen molar-refractivity contribution in [3.05, 3.63) is 34.9 Å². The van der Waals surface area contributed by atoms with Crippen LogP contribution in [0.5, 0.6) is 0 Å². The van der Waals surface area contributed by atoms with E-state index in [1.165, 1.54) is 16.1 Å². The number of hydrogen-bond donors (Lipinski definition) is 1. The Morgan fingerprint density at radius 3 is 2.53 bits per heavy atom. The van der Waals surface area contributed by atoms with Gasteiger partial charge < -0.3 is 5.73 Å². The summed E-state index contributed by atoms with van der Waals surface area (Å²) in [5, 5.41) is 0. The number of fused-ring (bicyclic) bond motifs is 1. The molecule has 0 aliphatic carbocycles. The summed E-state index contributed by atoms with van der Waals surface area (Å²) in [5.74, 6) is 0.368. The summed E-state index contributed by atoms with van der Waals surface area (Å²) in [6, 6.07) is 6.22. The van der Waals surface area contributed by atoms with Crippen LogP contribution in [0.3, 0.4) is 0 Å². The van der Waals surface area contributed by atoms with Gasteiger partial charge in [-0.1, -0.05) is 32.0 Å². The van der Waals surface area contributed by atoms with Gasteiger partial charge in [0.1, 0.15) is 0 Å². The molecule has 1 aliphatic heterocycles. The van der Waals surface area contributed by atoms with Gasteiger partial charge >= 0.3 is 0 Å². The van der Waals surface area contributed by atoms with E-state index in [2.05, 4.69) is 32.0 Å². The van der Waals surface area contributed by atoms with Crippen LogP contribution in [0.1, 0.15) is 36.6 Å². The van der Waals surface area contributed by atoms with Crippen molar-refractivity contribution >= 4 is 10.0 Å². The Hall–Kier alpha value is -0.910. The van der Waals surface area contributed by atoms with Crippen LogP contribution in [-0.4, -0.2) is 25.5 Å². The molecular weight excluding hydrogens is 260 g/mol. The summed E-state index contributed by atoms with van der Waals surface area (Å²) in [6.07, 6.45) is 2.04. The fourth-order valence-corrected chi connectivity index (χ4v) is 3.22. The predicted octanol–water partition coefficient (Wildman–Crippen LogP) is 1.66. The zero-order chi connectivity index (χ0) is 14.2. The minimum atomic E-state index is -3.12. The fourth-order valence-electron chi connectivity index (χ4n) is 2.43. The van der Waals surface area contributed by atoms with Gasteiger partial charge in [-0.3, -0.25) is 0 Å². The summed E-state index contributed by atoms with van der Waals surface area (Å²) < 4.78 is 24.8. The van der Waals surface area contributed by atoms with Crippen molar-refractivity contribution in [3.63, 3.8) is 0 Å². The topological polar surface area (TPSA) is 63.4 Å². The van der Waals surface area contributed by atoms with Crippen LogP contribution >= 0.6 is 0 Å². The van der Waals surface area contributed by atoms with Gasteiger partial charge in [0.25, 0.3) is 0 Å². The highest BCUT2D eigenvalue weighted by molar-refractivity contribution is 7.88. The molecule has 1 atom stereocenters. The highest BCUT2D eigenvalue weighted by Gasteiger charge is 2.23. The number of nitrogens with two attached hydrogens (primary N) is 1. The lowest BCUT2D eigenvalue weighted by Crippen LogP contribution is -2.35. The maximum Gasteiger partial charge on any atom is 0.211 e. The molecule has 0 radical (unpaired) electrons. The molecule has 1 heterocycles. The lowest BCUT2D eigenvalue weighted by Gasteiger charge is -2.28. The Bertz CT molecular complexity index is 567. The van der Waals surface area contributed by atoms with Crippen molar-refractivity contribution in [1.82, 2.24) is 4.31 Å². The van der Waals surface area contributed by atoms with E-state index in [-0.39, 0.29) is 6.04 Å². The van der Waals surface area contributed by atoms with E-state index in [1.54, 1.807) is 0 Å². The number of hydrogen-bond acceptors (Lipinski definition) is 3. The highest BCUT2D eigenvalue weighted by atomic mass is 32.2. The van der Waals surface area contributed by atoms with Crippen molar-refractivity contribution in [3.8, 4) is 0 Å². The monoisotopic (exact) mass is 282 g/mol. The molecule has 0 amide bonds. The molecule has 5 heteroatoms. The minimum Gasteiger partial charge on any atom is -0.324 e. The van der Waals surface area contributed by atoms with E-state index in [9.17, 15) is 8.42 Å². The molecule has 2 N–H and O–H groups in total. The fraction of sp³-hybridized carbons (Fsp3) is 0.571. The van der Waals surface area contributed by atoms with Crippen LogP contribution in [0.15, 0.2) is 18.2 Å². The molecular formula is C14H22N2O2S. The first-order valence-corrected chi connectivity index (χ1v) is 8.46. The third-order valence-electron chi connectivity index (χ3n) is 3.78.